The fraction of sp³-hybridized carbons (Fsp3) is 0.412. The fourth-order valence-corrected chi connectivity index (χ4v) is 2.54. The molecule has 1 aromatic carbocycles. The predicted molar refractivity (Wildman–Crippen MR) is 94.8 cm³/mol. The zero-order valence-corrected chi connectivity index (χ0v) is 14.8. The van der Waals surface area contributed by atoms with Crippen LogP contribution in [0, 0.1) is 6.92 Å². The maximum Gasteiger partial charge on any atom is 0.246 e. The van der Waals surface area contributed by atoms with Crippen molar-refractivity contribution in [3.63, 3.8) is 0 Å². The summed E-state index contributed by atoms with van der Waals surface area (Å²) in [6.45, 7) is 3.95. The molecule has 0 atom stereocenters. The van der Waals surface area contributed by atoms with Gasteiger partial charge in [-0.05, 0) is 33.2 Å². The summed E-state index contributed by atoms with van der Waals surface area (Å²) < 4.78 is 0. The van der Waals surface area contributed by atoms with Crippen molar-refractivity contribution in [2.75, 3.05) is 27.2 Å². The summed E-state index contributed by atoms with van der Waals surface area (Å²) in [7, 11) is 3.98. The maximum atomic E-state index is 12.8. The lowest BCUT2D eigenvalue weighted by atomic mass is 10.3. The normalized spacial score (nSPS) is 11.4. The zero-order chi connectivity index (χ0) is 17.8. The second-order valence-electron chi connectivity index (χ2n) is 6.31. The van der Waals surface area contributed by atoms with E-state index in [1.54, 1.807) is 11.2 Å². The number of aryl methyl sites for hydroxylation is 1. The van der Waals surface area contributed by atoms with Crippen LogP contribution in [0.1, 0.15) is 11.4 Å². The molecule has 0 aliphatic carbocycles. The third-order valence-electron chi connectivity index (χ3n) is 4.05. The SMILES string of the molecule is Cc1[nH]cnc1CN(CCN(C)C)C(=O)Cn1nc2ccccc2n1. The van der Waals surface area contributed by atoms with Crippen molar-refractivity contribution in [1.29, 1.82) is 0 Å². The van der Waals surface area contributed by atoms with Crippen LogP contribution < -0.4 is 0 Å². The van der Waals surface area contributed by atoms with Crippen molar-refractivity contribution >= 4 is 16.9 Å². The van der Waals surface area contributed by atoms with Crippen molar-refractivity contribution in [2.45, 2.75) is 20.0 Å². The Morgan fingerprint density at radius 1 is 1.16 bits per heavy atom. The van der Waals surface area contributed by atoms with Crippen molar-refractivity contribution in [3.8, 4) is 0 Å². The van der Waals surface area contributed by atoms with Gasteiger partial charge in [0.15, 0.2) is 0 Å². The maximum absolute atomic E-state index is 12.8. The summed E-state index contributed by atoms with van der Waals surface area (Å²) in [4.78, 5) is 25.5. The molecule has 8 nitrogen and oxygen atoms in total. The largest absolute Gasteiger partial charge is 0.348 e. The molecule has 0 radical (unpaired) electrons. The Labute approximate surface area is 146 Å². The van der Waals surface area contributed by atoms with E-state index in [9.17, 15) is 4.79 Å². The number of carbonyl (C=O) groups excluding carboxylic acids is 1. The standard InChI is InChI=1S/C17H23N7O/c1-13-16(19-12-18-13)10-23(9-8-22(2)3)17(25)11-24-20-14-6-4-5-7-15(14)21-24/h4-7,12H,8-11H2,1-3H3,(H,18,19). The van der Waals surface area contributed by atoms with Crippen LogP contribution in [0.5, 0.6) is 0 Å². The lowest BCUT2D eigenvalue weighted by Crippen LogP contribution is -2.38. The molecular weight excluding hydrogens is 318 g/mol. The molecule has 0 bridgehead atoms. The van der Waals surface area contributed by atoms with Crippen LogP contribution in [0.2, 0.25) is 0 Å². The van der Waals surface area contributed by atoms with Gasteiger partial charge >= 0.3 is 0 Å². The van der Waals surface area contributed by atoms with E-state index in [4.69, 9.17) is 0 Å². The molecule has 0 spiro atoms. The number of carbonyl (C=O) groups is 1. The van der Waals surface area contributed by atoms with E-state index in [0.29, 0.717) is 13.1 Å². The van der Waals surface area contributed by atoms with Gasteiger partial charge in [-0.3, -0.25) is 4.79 Å². The zero-order valence-electron chi connectivity index (χ0n) is 14.8. The Bertz CT molecular complexity index is 818. The Hall–Kier alpha value is -2.74. The van der Waals surface area contributed by atoms with Crippen LogP contribution in [-0.2, 0) is 17.9 Å². The molecule has 132 valence electrons. The molecule has 0 saturated carbocycles. The number of fused-ring (bicyclic) bond motifs is 1. The number of nitrogens with one attached hydrogen (secondary N) is 1. The highest BCUT2D eigenvalue weighted by molar-refractivity contribution is 5.77. The molecule has 1 N–H and O–H groups in total. The first-order chi connectivity index (χ1) is 12.0. The van der Waals surface area contributed by atoms with Crippen molar-refractivity contribution < 1.29 is 4.79 Å². The monoisotopic (exact) mass is 341 g/mol. The molecule has 3 aromatic rings. The number of nitrogens with zero attached hydrogens (tertiary/aromatic N) is 6. The second-order valence-corrected chi connectivity index (χ2v) is 6.31. The van der Waals surface area contributed by atoms with Crippen LogP contribution in [0.4, 0.5) is 0 Å². The number of likely N-dealkylation sites (N-methyl/N-ethyl adjacent to an activating group) is 1. The minimum absolute atomic E-state index is 0.0236. The number of hydrogen-bond acceptors (Lipinski definition) is 5. The first kappa shape index (κ1) is 17.1. The van der Waals surface area contributed by atoms with Gasteiger partial charge in [-0.15, -0.1) is 0 Å². The lowest BCUT2D eigenvalue weighted by Gasteiger charge is -2.23. The summed E-state index contributed by atoms with van der Waals surface area (Å²) in [5, 5.41) is 8.74. The first-order valence-electron chi connectivity index (χ1n) is 8.24. The molecule has 1 amide bonds. The topological polar surface area (TPSA) is 82.9 Å². The molecule has 2 heterocycles. The minimum Gasteiger partial charge on any atom is -0.348 e. The number of aromatic nitrogens is 5. The molecule has 8 heteroatoms. The third kappa shape index (κ3) is 4.21. The van der Waals surface area contributed by atoms with E-state index in [2.05, 4.69) is 25.1 Å². The summed E-state index contributed by atoms with van der Waals surface area (Å²) in [6, 6.07) is 7.60. The molecular formula is C17H23N7O. The van der Waals surface area contributed by atoms with Gasteiger partial charge in [0.05, 0.1) is 18.6 Å². The predicted octanol–water partition coefficient (Wildman–Crippen LogP) is 1.05. The summed E-state index contributed by atoms with van der Waals surface area (Å²) >= 11 is 0. The van der Waals surface area contributed by atoms with E-state index < -0.39 is 0 Å². The average Bonchev–Trinajstić information content (AvgIpc) is 3.16. The van der Waals surface area contributed by atoms with Gasteiger partial charge < -0.3 is 14.8 Å². The van der Waals surface area contributed by atoms with E-state index >= 15 is 0 Å². The number of aromatic amines is 1. The number of amides is 1. The van der Waals surface area contributed by atoms with Gasteiger partial charge in [0.2, 0.25) is 5.91 Å². The quantitative estimate of drug-likeness (QED) is 0.695. The van der Waals surface area contributed by atoms with Gasteiger partial charge in [-0.1, -0.05) is 12.1 Å². The van der Waals surface area contributed by atoms with E-state index in [1.807, 2.05) is 45.3 Å². The van der Waals surface area contributed by atoms with Crippen LogP contribution in [0.3, 0.4) is 0 Å². The van der Waals surface area contributed by atoms with Gasteiger partial charge in [-0.25, -0.2) is 4.98 Å². The van der Waals surface area contributed by atoms with Gasteiger partial charge in [-0.2, -0.15) is 15.0 Å². The van der Waals surface area contributed by atoms with Crippen LogP contribution >= 0.6 is 0 Å². The molecule has 2 aromatic heterocycles. The van der Waals surface area contributed by atoms with Crippen LogP contribution in [0.15, 0.2) is 30.6 Å². The smallest absolute Gasteiger partial charge is 0.246 e. The van der Waals surface area contributed by atoms with Gasteiger partial charge in [0, 0.05) is 18.8 Å². The Morgan fingerprint density at radius 3 is 2.40 bits per heavy atom. The minimum atomic E-state index is -0.0236. The summed E-state index contributed by atoms with van der Waals surface area (Å²) in [5.74, 6) is -0.0236. The molecule has 25 heavy (non-hydrogen) atoms. The van der Waals surface area contributed by atoms with Gasteiger partial charge in [0.1, 0.15) is 17.6 Å². The highest BCUT2D eigenvalue weighted by Crippen LogP contribution is 2.09. The number of rotatable bonds is 7. The lowest BCUT2D eigenvalue weighted by molar-refractivity contribution is -0.133. The Balaban J connectivity index is 1.74. The Kier molecular flexibility index (Phi) is 5.08. The number of hydrogen-bond donors (Lipinski definition) is 1. The molecule has 0 unspecified atom stereocenters. The highest BCUT2D eigenvalue weighted by atomic mass is 16.2. The van der Waals surface area contributed by atoms with Crippen LogP contribution in [0.25, 0.3) is 11.0 Å². The third-order valence-corrected chi connectivity index (χ3v) is 4.05. The number of imidazole rings is 1. The van der Waals surface area contributed by atoms with Crippen molar-refractivity contribution in [1.82, 2.24) is 34.8 Å². The number of benzene rings is 1. The van der Waals surface area contributed by atoms with E-state index in [0.717, 1.165) is 29.0 Å². The molecule has 0 aliphatic heterocycles. The molecule has 3 rings (SSSR count). The number of H-pyrrole nitrogens is 1. The molecule has 0 saturated heterocycles. The molecule has 0 fully saturated rings. The van der Waals surface area contributed by atoms with E-state index in [1.165, 1.54) is 4.80 Å². The second kappa shape index (κ2) is 7.43. The summed E-state index contributed by atoms with van der Waals surface area (Å²) in [5.41, 5.74) is 3.44. The fourth-order valence-electron chi connectivity index (χ4n) is 2.54. The summed E-state index contributed by atoms with van der Waals surface area (Å²) in [6.07, 6.45) is 1.65. The van der Waals surface area contributed by atoms with Crippen LogP contribution in [-0.4, -0.2) is 67.9 Å². The van der Waals surface area contributed by atoms with Gasteiger partial charge in [0.25, 0.3) is 0 Å². The average molecular weight is 341 g/mol. The van der Waals surface area contributed by atoms with Crippen molar-refractivity contribution in [2.24, 2.45) is 0 Å². The van der Waals surface area contributed by atoms with Crippen molar-refractivity contribution in [3.05, 3.63) is 42.0 Å². The molecule has 0 aliphatic rings. The van der Waals surface area contributed by atoms with E-state index in [-0.39, 0.29) is 12.5 Å². The Morgan fingerprint density at radius 2 is 1.84 bits per heavy atom. The highest BCUT2D eigenvalue weighted by Gasteiger charge is 2.18. The first-order valence-corrected chi connectivity index (χ1v) is 8.24.